The number of methoxy groups -OCH3 is 1. The van der Waals surface area contributed by atoms with E-state index in [2.05, 4.69) is 27.7 Å². The predicted octanol–water partition coefficient (Wildman–Crippen LogP) is 3.77. The highest BCUT2D eigenvalue weighted by Gasteiger charge is 2.22. The molecule has 0 amide bonds. The molecule has 98 valence electrons. The third kappa shape index (κ3) is 6.49. The Morgan fingerprint density at radius 3 is 2.25 bits per heavy atom. The van der Waals surface area contributed by atoms with Crippen molar-refractivity contribution in [3.8, 4) is 0 Å². The van der Waals surface area contributed by atoms with E-state index in [4.69, 9.17) is 4.74 Å². The van der Waals surface area contributed by atoms with Gasteiger partial charge in [0.05, 0.1) is 11.7 Å². The van der Waals surface area contributed by atoms with Crippen LogP contribution in [0.15, 0.2) is 0 Å². The van der Waals surface area contributed by atoms with Gasteiger partial charge in [0.2, 0.25) is 0 Å². The van der Waals surface area contributed by atoms with Crippen LogP contribution in [0.3, 0.4) is 0 Å². The smallest absolute Gasteiger partial charge is 0.0623 e. The van der Waals surface area contributed by atoms with E-state index in [-0.39, 0.29) is 11.7 Å². The molecule has 0 aliphatic rings. The fraction of sp³-hybridized carbons (Fsp3) is 1.00. The largest absolute Gasteiger partial charge is 0.393 e. The summed E-state index contributed by atoms with van der Waals surface area (Å²) in [4.78, 5) is 0. The normalized spacial score (nSPS) is 16.1. The van der Waals surface area contributed by atoms with Gasteiger partial charge in [-0.25, -0.2) is 0 Å². The average Bonchev–Trinajstić information content (AvgIpc) is 2.27. The van der Waals surface area contributed by atoms with Crippen LogP contribution >= 0.6 is 0 Å². The molecule has 2 unspecified atom stereocenters. The first-order valence-corrected chi connectivity index (χ1v) is 6.70. The molecule has 0 rings (SSSR count). The first-order chi connectivity index (χ1) is 7.46. The highest BCUT2D eigenvalue weighted by Crippen LogP contribution is 2.24. The molecular weight excluding hydrogens is 200 g/mol. The Kier molecular flexibility index (Phi) is 8.04. The van der Waals surface area contributed by atoms with Crippen molar-refractivity contribution in [2.45, 2.75) is 77.9 Å². The van der Waals surface area contributed by atoms with Crippen LogP contribution in [0, 0.1) is 5.92 Å². The van der Waals surface area contributed by atoms with Crippen LogP contribution in [0.5, 0.6) is 0 Å². The lowest BCUT2D eigenvalue weighted by Crippen LogP contribution is -2.27. The SMILES string of the molecule is CCCCC(CC)C(O)CCC(C)(C)OC. The fourth-order valence-corrected chi connectivity index (χ4v) is 1.97. The zero-order chi connectivity index (χ0) is 12.6. The summed E-state index contributed by atoms with van der Waals surface area (Å²) >= 11 is 0. The summed E-state index contributed by atoms with van der Waals surface area (Å²) in [6.45, 7) is 8.53. The molecule has 0 aliphatic carbocycles. The van der Waals surface area contributed by atoms with Gasteiger partial charge in [-0.05, 0) is 39.0 Å². The molecule has 1 N–H and O–H groups in total. The Hall–Kier alpha value is -0.0800. The summed E-state index contributed by atoms with van der Waals surface area (Å²) in [7, 11) is 1.74. The summed E-state index contributed by atoms with van der Waals surface area (Å²) in [5.41, 5.74) is -0.107. The van der Waals surface area contributed by atoms with Gasteiger partial charge in [-0.15, -0.1) is 0 Å². The van der Waals surface area contributed by atoms with Gasteiger partial charge >= 0.3 is 0 Å². The van der Waals surface area contributed by atoms with Crippen molar-refractivity contribution in [1.82, 2.24) is 0 Å². The minimum absolute atomic E-state index is 0.107. The number of unbranched alkanes of at least 4 members (excludes halogenated alkanes) is 1. The second kappa shape index (κ2) is 8.08. The monoisotopic (exact) mass is 230 g/mol. The molecule has 0 saturated carbocycles. The Morgan fingerprint density at radius 1 is 1.19 bits per heavy atom. The van der Waals surface area contributed by atoms with Crippen LogP contribution < -0.4 is 0 Å². The van der Waals surface area contributed by atoms with Crippen LogP contribution in [0.25, 0.3) is 0 Å². The van der Waals surface area contributed by atoms with E-state index in [0.717, 1.165) is 25.7 Å². The van der Waals surface area contributed by atoms with E-state index in [9.17, 15) is 5.11 Å². The molecular formula is C14H30O2. The van der Waals surface area contributed by atoms with Gasteiger partial charge in [-0.1, -0.05) is 33.1 Å². The van der Waals surface area contributed by atoms with Crippen LogP contribution in [-0.2, 0) is 4.74 Å². The van der Waals surface area contributed by atoms with Crippen LogP contribution in [-0.4, -0.2) is 23.9 Å². The first-order valence-electron chi connectivity index (χ1n) is 6.70. The summed E-state index contributed by atoms with van der Waals surface area (Å²) in [6, 6.07) is 0. The standard InChI is InChI=1S/C14H30O2/c1-6-8-9-12(7-2)13(15)10-11-14(3,4)16-5/h12-13,15H,6-11H2,1-5H3. The van der Waals surface area contributed by atoms with Gasteiger partial charge < -0.3 is 9.84 Å². The molecule has 0 heterocycles. The molecule has 0 aromatic heterocycles. The van der Waals surface area contributed by atoms with E-state index >= 15 is 0 Å². The van der Waals surface area contributed by atoms with Crippen molar-refractivity contribution >= 4 is 0 Å². The summed E-state index contributed by atoms with van der Waals surface area (Å²) < 4.78 is 5.37. The van der Waals surface area contributed by atoms with Crippen molar-refractivity contribution in [2.24, 2.45) is 5.92 Å². The third-order valence-electron chi connectivity index (χ3n) is 3.59. The molecule has 0 spiro atoms. The van der Waals surface area contributed by atoms with E-state index in [1.54, 1.807) is 7.11 Å². The van der Waals surface area contributed by atoms with Gasteiger partial charge in [0, 0.05) is 7.11 Å². The molecule has 0 fully saturated rings. The molecule has 0 aliphatic heterocycles. The molecule has 16 heavy (non-hydrogen) atoms. The van der Waals surface area contributed by atoms with Crippen LogP contribution in [0.1, 0.15) is 66.2 Å². The molecule has 0 aromatic carbocycles. The minimum Gasteiger partial charge on any atom is -0.393 e. The number of rotatable bonds is 9. The Balaban J connectivity index is 3.96. The van der Waals surface area contributed by atoms with E-state index in [0.29, 0.717) is 5.92 Å². The zero-order valence-electron chi connectivity index (χ0n) is 11.8. The van der Waals surface area contributed by atoms with E-state index < -0.39 is 0 Å². The second-order valence-electron chi connectivity index (χ2n) is 5.38. The highest BCUT2D eigenvalue weighted by molar-refractivity contribution is 4.74. The summed E-state index contributed by atoms with van der Waals surface area (Å²) in [5.74, 6) is 0.465. The van der Waals surface area contributed by atoms with Gasteiger partial charge in [0.15, 0.2) is 0 Å². The van der Waals surface area contributed by atoms with Crippen molar-refractivity contribution in [1.29, 1.82) is 0 Å². The Morgan fingerprint density at radius 2 is 1.81 bits per heavy atom. The molecule has 0 aromatic rings. The number of aliphatic hydroxyl groups excluding tert-OH is 1. The Bertz CT molecular complexity index is 166. The topological polar surface area (TPSA) is 29.5 Å². The van der Waals surface area contributed by atoms with Crippen molar-refractivity contribution in [3.05, 3.63) is 0 Å². The maximum Gasteiger partial charge on any atom is 0.0623 e. The Labute approximate surface area is 101 Å². The lowest BCUT2D eigenvalue weighted by Gasteiger charge is -2.27. The number of hydrogen-bond donors (Lipinski definition) is 1. The van der Waals surface area contributed by atoms with Crippen molar-refractivity contribution in [2.75, 3.05) is 7.11 Å². The van der Waals surface area contributed by atoms with E-state index in [1.807, 2.05) is 0 Å². The van der Waals surface area contributed by atoms with Crippen LogP contribution in [0.4, 0.5) is 0 Å². The molecule has 0 bridgehead atoms. The fourth-order valence-electron chi connectivity index (χ4n) is 1.97. The average molecular weight is 230 g/mol. The number of aliphatic hydroxyl groups is 1. The number of ether oxygens (including phenoxy) is 1. The van der Waals surface area contributed by atoms with Crippen LogP contribution in [0.2, 0.25) is 0 Å². The minimum atomic E-state index is -0.161. The van der Waals surface area contributed by atoms with Gasteiger partial charge in [-0.3, -0.25) is 0 Å². The van der Waals surface area contributed by atoms with Gasteiger partial charge in [0.25, 0.3) is 0 Å². The zero-order valence-corrected chi connectivity index (χ0v) is 11.8. The molecule has 2 nitrogen and oxygen atoms in total. The molecule has 2 atom stereocenters. The number of hydrogen-bond acceptors (Lipinski definition) is 2. The second-order valence-corrected chi connectivity index (χ2v) is 5.38. The predicted molar refractivity (Wildman–Crippen MR) is 69.6 cm³/mol. The van der Waals surface area contributed by atoms with Crippen molar-refractivity contribution < 1.29 is 9.84 Å². The molecule has 0 saturated heterocycles. The maximum absolute atomic E-state index is 10.1. The molecule has 0 radical (unpaired) electrons. The first kappa shape index (κ1) is 15.9. The maximum atomic E-state index is 10.1. The van der Waals surface area contributed by atoms with Gasteiger partial charge in [0.1, 0.15) is 0 Å². The van der Waals surface area contributed by atoms with Gasteiger partial charge in [-0.2, -0.15) is 0 Å². The summed E-state index contributed by atoms with van der Waals surface area (Å²) in [6.07, 6.45) is 6.29. The van der Waals surface area contributed by atoms with Crippen molar-refractivity contribution in [3.63, 3.8) is 0 Å². The third-order valence-corrected chi connectivity index (χ3v) is 3.59. The highest BCUT2D eigenvalue weighted by atomic mass is 16.5. The summed E-state index contributed by atoms with van der Waals surface area (Å²) in [5, 5.41) is 10.1. The quantitative estimate of drug-likeness (QED) is 0.653. The lowest BCUT2D eigenvalue weighted by atomic mass is 9.88. The lowest BCUT2D eigenvalue weighted by molar-refractivity contribution is -0.00526. The molecule has 2 heteroatoms. The van der Waals surface area contributed by atoms with E-state index in [1.165, 1.54) is 12.8 Å².